The molecule has 1 aromatic heterocycles. The zero-order valence-electron chi connectivity index (χ0n) is 14.0. The van der Waals surface area contributed by atoms with E-state index in [9.17, 15) is 4.79 Å². The molecule has 0 radical (unpaired) electrons. The number of methoxy groups -OCH3 is 1. The van der Waals surface area contributed by atoms with Crippen LogP contribution in [-0.4, -0.2) is 17.9 Å². The number of fused-ring (bicyclic) bond motifs is 1. The van der Waals surface area contributed by atoms with Crippen molar-refractivity contribution in [3.05, 3.63) is 65.2 Å². The van der Waals surface area contributed by atoms with Gasteiger partial charge in [0.05, 0.1) is 17.7 Å². The van der Waals surface area contributed by atoms with Crippen LogP contribution in [0.3, 0.4) is 0 Å². The Morgan fingerprint density at radius 1 is 1.17 bits per heavy atom. The fourth-order valence-corrected chi connectivity index (χ4v) is 3.61. The number of rotatable bonds is 5. The van der Waals surface area contributed by atoms with Crippen LogP contribution in [-0.2, 0) is 5.75 Å². The minimum absolute atomic E-state index is 0.0589. The number of pyridine rings is 1. The van der Waals surface area contributed by atoms with Gasteiger partial charge in [-0.25, -0.2) is 4.98 Å². The van der Waals surface area contributed by atoms with Gasteiger partial charge in [-0.3, -0.25) is 4.79 Å². The summed E-state index contributed by atoms with van der Waals surface area (Å²) < 4.78 is 5.42. The Kier molecular flexibility index (Phi) is 4.86. The lowest BCUT2D eigenvalue weighted by Gasteiger charge is -2.10. The third kappa shape index (κ3) is 3.44. The van der Waals surface area contributed by atoms with Crippen molar-refractivity contribution in [1.82, 2.24) is 4.98 Å². The van der Waals surface area contributed by atoms with E-state index in [1.807, 2.05) is 30.3 Å². The molecule has 0 fully saturated rings. The Bertz CT molecular complexity index is 905. The predicted molar refractivity (Wildman–Crippen MR) is 99.0 cm³/mol. The largest absolute Gasteiger partial charge is 0.496 e. The number of carbonyl (C=O) groups is 1. The summed E-state index contributed by atoms with van der Waals surface area (Å²) in [7, 11) is 1.65. The molecule has 4 heteroatoms. The van der Waals surface area contributed by atoms with E-state index < -0.39 is 0 Å². The third-order valence-electron chi connectivity index (χ3n) is 3.96. The lowest BCUT2D eigenvalue weighted by Crippen LogP contribution is -1.97. The van der Waals surface area contributed by atoms with Crippen molar-refractivity contribution in [3.8, 4) is 5.75 Å². The molecule has 0 aliphatic rings. The number of benzene rings is 2. The van der Waals surface area contributed by atoms with Gasteiger partial charge in [-0.05, 0) is 49.7 Å². The van der Waals surface area contributed by atoms with E-state index in [1.54, 1.807) is 31.9 Å². The molecule has 0 unspecified atom stereocenters. The Morgan fingerprint density at radius 3 is 2.71 bits per heavy atom. The second-order valence-electron chi connectivity index (χ2n) is 5.67. The number of carbonyl (C=O) groups excluding carboxylic acids is 1. The molecule has 122 valence electrons. The van der Waals surface area contributed by atoms with Crippen LogP contribution in [0.4, 0.5) is 0 Å². The van der Waals surface area contributed by atoms with E-state index >= 15 is 0 Å². The first-order chi connectivity index (χ1) is 11.6. The molecule has 0 amide bonds. The first-order valence-corrected chi connectivity index (χ1v) is 8.74. The van der Waals surface area contributed by atoms with Crippen molar-refractivity contribution in [2.24, 2.45) is 0 Å². The molecule has 0 bridgehead atoms. The van der Waals surface area contributed by atoms with E-state index in [4.69, 9.17) is 9.72 Å². The van der Waals surface area contributed by atoms with Crippen LogP contribution in [0.1, 0.15) is 28.4 Å². The minimum Gasteiger partial charge on any atom is -0.496 e. The highest BCUT2D eigenvalue weighted by atomic mass is 32.2. The van der Waals surface area contributed by atoms with Crippen LogP contribution in [0.15, 0.2) is 53.6 Å². The molecule has 0 spiro atoms. The van der Waals surface area contributed by atoms with Gasteiger partial charge >= 0.3 is 0 Å². The summed E-state index contributed by atoms with van der Waals surface area (Å²) in [6, 6.07) is 15.8. The normalized spacial score (nSPS) is 10.8. The summed E-state index contributed by atoms with van der Waals surface area (Å²) in [5, 5.41) is 2.15. The van der Waals surface area contributed by atoms with Crippen LogP contribution in [0.25, 0.3) is 10.9 Å². The van der Waals surface area contributed by atoms with E-state index in [-0.39, 0.29) is 5.78 Å². The van der Waals surface area contributed by atoms with E-state index in [2.05, 4.69) is 19.1 Å². The number of ether oxygens (including phenoxy) is 1. The van der Waals surface area contributed by atoms with Crippen LogP contribution < -0.4 is 4.74 Å². The molecule has 0 aliphatic heterocycles. The molecule has 0 aliphatic carbocycles. The molecular weight excluding hydrogens is 318 g/mol. The van der Waals surface area contributed by atoms with E-state index in [1.165, 1.54) is 10.9 Å². The highest BCUT2D eigenvalue weighted by Crippen LogP contribution is 2.30. The molecule has 3 nitrogen and oxygen atoms in total. The Balaban J connectivity index is 1.88. The topological polar surface area (TPSA) is 39.2 Å². The van der Waals surface area contributed by atoms with Crippen LogP contribution in [0, 0.1) is 6.92 Å². The van der Waals surface area contributed by atoms with Gasteiger partial charge in [0.15, 0.2) is 5.78 Å². The Hall–Kier alpha value is -2.33. The molecule has 24 heavy (non-hydrogen) atoms. The number of thioether (sulfide) groups is 1. The number of para-hydroxylation sites is 1. The van der Waals surface area contributed by atoms with Crippen molar-refractivity contribution in [2.45, 2.75) is 24.6 Å². The molecule has 1 heterocycles. The summed E-state index contributed by atoms with van der Waals surface area (Å²) in [6.45, 7) is 3.68. The summed E-state index contributed by atoms with van der Waals surface area (Å²) in [5.74, 6) is 1.56. The quantitative estimate of drug-likeness (QED) is 0.482. The number of hydrogen-bond acceptors (Lipinski definition) is 4. The number of ketones is 1. The average Bonchev–Trinajstić information content (AvgIpc) is 2.59. The maximum Gasteiger partial charge on any atom is 0.159 e. The van der Waals surface area contributed by atoms with Crippen LogP contribution in [0.5, 0.6) is 5.75 Å². The summed E-state index contributed by atoms with van der Waals surface area (Å²) in [4.78, 5) is 16.3. The van der Waals surface area contributed by atoms with Gasteiger partial charge in [-0.2, -0.15) is 0 Å². The molecule has 0 N–H and O–H groups in total. The maximum atomic E-state index is 11.6. The third-order valence-corrected chi connectivity index (χ3v) is 4.92. The lowest BCUT2D eigenvalue weighted by atomic mass is 10.1. The first kappa shape index (κ1) is 16.5. The molecular formula is C20H19NO2S. The Labute approximate surface area is 146 Å². The standard InChI is InChI=1S/C20H19NO2S/c1-13-10-20(21-18-7-5-4-6-17(13)18)24-12-16-11-15(14(2)22)8-9-19(16)23-3/h4-11H,12H2,1-3H3. The number of nitrogens with zero attached hydrogens (tertiary/aromatic N) is 1. The second-order valence-corrected chi connectivity index (χ2v) is 6.66. The predicted octanol–water partition coefficient (Wildman–Crippen LogP) is 5.05. The molecule has 2 aromatic carbocycles. The SMILES string of the molecule is COc1ccc(C(C)=O)cc1CSc1cc(C)c2ccccc2n1. The zero-order valence-corrected chi connectivity index (χ0v) is 14.8. The second kappa shape index (κ2) is 7.05. The molecule has 3 rings (SSSR count). The molecule has 0 atom stereocenters. The van der Waals surface area contributed by atoms with E-state index in [0.29, 0.717) is 11.3 Å². The summed E-state index contributed by atoms with van der Waals surface area (Å²) in [6.07, 6.45) is 0. The molecule has 0 saturated heterocycles. The van der Waals surface area contributed by atoms with E-state index in [0.717, 1.165) is 21.9 Å². The van der Waals surface area contributed by atoms with Crippen LogP contribution >= 0.6 is 11.8 Å². The highest BCUT2D eigenvalue weighted by molar-refractivity contribution is 7.98. The van der Waals surface area contributed by atoms with Crippen LogP contribution in [0.2, 0.25) is 0 Å². The summed E-state index contributed by atoms with van der Waals surface area (Å²) >= 11 is 1.65. The number of aryl methyl sites for hydroxylation is 1. The first-order valence-electron chi connectivity index (χ1n) is 7.75. The monoisotopic (exact) mass is 337 g/mol. The number of hydrogen-bond donors (Lipinski definition) is 0. The van der Waals surface area contributed by atoms with Crippen molar-refractivity contribution >= 4 is 28.4 Å². The van der Waals surface area contributed by atoms with Gasteiger partial charge in [0.25, 0.3) is 0 Å². The van der Waals surface area contributed by atoms with Crippen molar-refractivity contribution in [3.63, 3.8) is 0 Å². The number of Topliss-reactive ketones (excluding diaryl/α,β-unsaturated/α-hetero) is 1. The molecule has 0 saturated carbocycles. The smallest absolute Gasteiger partial charge is 0.159 e. The average molecular weight is 337 g/mol. The summed E-state index contributed by atoms with van der Waals surface area (Å²) in [5.41, 5.74) is 3.92. The van der Waals surface area contributed by atoms with Crippen molar-refractivity contribution < 1.29 is 9.53 Å². The fourth-order valence-electron chi connectivity index (χ4n) is 2.65. The van der Waals surface area contributed by atoms with Crippen molar-refractivity contribution in [1.29, 1.82) is 0 Å². The van der Waals surface area contributed by atoms with Crippen molar-refractivity contribution in [2.75, 3.05) is 7.11 Å². The van der Waals surface area contributed by atoms with Gasteiger partial charge in [0.1, 0.15) is 5.75 Å². The zero-order chi connectivity index (χ0) is 17.1. The fraction of sp³-hybridized carbons (Fsp3) is 0.200. The van der Waals surface area contributed by atoms with Gasteiger partial charge in [-0.1, -0.05) is 18.2 Å². The van der Waals surface area contributed by atoms with Gasteiger partial charge < -0.3 is 4.74 Å². The van der Waals surface area contributed by atoms with Gasteiger partial charge in [-0.15, -0.1) is 11.8 Å². The molecule has 3 aromatic rings. The maximum absolute atomic E-state index is 11.6. The minimum atomic E-state index is 0.0589. The Morgan fingerprint density at radius 2 is 1.96 bits per heavy atom. The number of aromatic nitrogens is 1. The van der Waals surface area contributed by atoms with Gasteiger partial charge in [0, 0.05) is 22.3 Å². The lowest BCUT2D eigenvalue weighted by molar-refractivity contribution is 0.101. The highest BCUT2D eigenvalue weighted by Gasteiger charge is 2.09. The van der Waals surface area contributed by atoms with Gasteiger partial charge in [0.2, 0.25) is 0 Å².